The SMILES string of the molecule is CC(C)CCS(=O)(=O)NCc1ccc(S(=O)(=O)Cl)s1. The van der Waals surface area contributed by atoms with E-state index in [0.29, 0.717) is 17.2 Å². The van der Waals surface area contributed by atoms with Crippen LogP contribution in [0.25, 0.3) is 0 Å². The van der Waals surface area contributed by atoms with Crippen molar-refractivity contribution in [2.24, 2.45) is 5.92 Å². The topological polar surface area (TPSA) is 80.3 Å². The molecular formula is C10H16ClNO4S3. The van der Waals surface area contributed by atoms with Gasteiger partial charge in [-0.05, 0) is 24.5 Å². The Hall–Kier alpha value is -0.150. The van der Waals surface area contributed by atoms with Gasteiger partial charge in [0, 0.05) is 22.1 Å². The molecule has 1 aromatic rings. The Labute approximate surface area is 122 Å². The maximum absolute atomic E-state index is 11.7. The molecule has 19 heavy (non-hydrogen) atoms. The molecule has 0 saturated heterocycles. The minimum atomic E-state index is -3.74. The van der Waals surface area contributed by atoms with Crippen LogP contribution in [-0.4, -0.2) is 22.6 Å². The highest BCUT2D eigenvalue weighted by atomic mass is 35.7. The zero-order valence-electron chi connectivity index (χ0n) is 10.6. The summed E-state index contributed by atoms with van der Waals surface area (Å²) in [6.07, 6.45) is 0.584. The summed E-state index contributed by atoms with van der Waals surface area (Å²) >= 11 is 0.958. The van der Waals surface area contributed by atoms with Gasteiger partial charge < -0.3 is 0 Å². The smallest absolute Gasteiger partial charge is 0.212 e. The molecule has 0 aliphatic carbocycles. The van der Waals surface area contributed by atoms with Crippen molar-refractivity contribution in [3.05, 3.63) is 17.0 Å². The van der Waals surface area contributed by atoms with E-state index in [0.717, 1.165) is 11.3 Å². The minimum Gasteiger partial charge on any atom is -0.212 e. The third-order valence-corrected chi connectivity index (χ3v) is 6.84. The van der Waals surface area contributed by atoms with Crippen molar-refractivity contribution in [3.63, 3.8) is 0 Å². The second-order valence-corrected chi connectivity index (χ2v) is 10.4. The van der Waals surface area contributed by atoms with Crippen LogP contribution in [0, 0.1) is 5.92 Å². The van der Waals surface area contributed by atoms with Gasteiger partial charge in [0.1, 0.15) is 4.21 Å². The number of sulfonamides is 1. The molecule has 110 valence electrons. The first-order valence-electron chi connectivity index (χ1n) is 5.61. The zero-order chi connectivity index (χ0) is 14.7. The van der Waals surface area contributed by atoms with Crippen molar-refractivity contribution >= 4 is 41.1 Å². The van der Waals surface area contributed by atoms with Crippen LogP contribution in [0.3, 0.4) is 0 Å². The van der Waals surface area contributed by atoms with E-state index >= 15 is 0 Å². The van der Waals surface area contributed by atoms with Gasteiger partial charge in [-0.3, -0.25) is 0 Å². The summed E-state index contributed by atoms with van der Waals surface area (Å²) in [6, 6.07) is 2.91. The number of nitrogens with one attached hydrogen (secondary N) is 1. The molecule has 0 amide bonds. The number of hydrogen-bond donors (Lipinski definition) is 1. The molecule has 0 fully saturated rings. The van der Waals surface area contributed by atoms with Gasteiger partial charge in [0.05, 0.1) is 5.75 Å². The molecule has 0 aliphatic heterocycles. The summed E-state index contributed by atoms with van der Waals surface area (Å²) in [4.78, 5) is 0.604. The van der Waals surface area contributed by atoms with E-state index in [9.17, 15) is 16.8 Å². The Morgan fingerprint density at radius 2 is 1.89 bits per heavy atom. The van der Waals surface area contributed by atoms with E-state index in [1.807, 2.05) is 13.8 Å². The third kappa shape index (κ3) is 6.22. The number of rotatable bonds is 7. The number of hydrogen-bond acceptors (Lipinski definition) is 5. The average molecular weight is 346 g/mol. The first-order valence-corrected chi connectivity index (χ1v) is 10.4. The summed E-state index contributed by atoms with van der Waals surface area (Å²) in [5, 5.41) is 0. The van der Waals surface area contributed by atoms with Crippen molar-refractivity contribution in [2.45, 2.75) is 31.0 Å². The van der Waals surface area contributed by atoms with E-state index in [1.54, 1.807) is 6.07 Å². The van der Waals surface area contributed by atoms with Gasteiger partial charge in [0.15, 0.2) is 0 Å². The van der Waals surface area contributed by atoms with Gasteiger partial charge in [-0.1, -0.05) is 13.8 Å². The van der Waals surface area contributed by atoms with Crippen LogP contribution in [-0.2, 0) is 25.6 Å². The highest BCUT2D eigenvalue weighted by Crippen LogP contribution is 2.24. The fraction of sp³-hybridized carbons (Fsp3) is 0.600. The first-order chi connectivity index (χ1) is 8.60. The maximum Gasteiger partial charge on any atom is 0.270 e. The van der Waals surface area contributed by atoms with Gasteiger partial charge >= 0.3 is 0 Å². The second-order valence-electron chi connectivity index (χ2n) is 4.48. The van der Waals surface area contributed by atoms with E-state index < -0.39 is 19.1 Å². The molecule has 1 heterocycles. The molecule has 1 aromatic heterocycles. The van der Waals surface area contributed by atoms with Crippen molar-refractivity contribution in [1.29, 1.82) is 0 Å². The molecule has 1 N–H and O–H groups in total. The van der Waals surface area contributed by atoms with Gasteiger partial charge in [-0.15, -0.1) is 11.3 Å². The predicted octanol–water partition coefficient (Wildman–Crippen LogP) is 2.14. The average Bonchev–Trinajstić information content (AvgIpc) is 2.72. The second kappa shape index (κ2) is 6.53. The van der Waals surface area contributed by atoms with Gasteiger partial charge in [0.25, 0.3) is 9.05 Å². The Morgan fingerprint density at radius 3 is 2.37 bits per heavy atom. The van der Waals surface area contributed by atoms with Crippen molar-refractivity contribution in [2.75, 3.05) is 5.75 Å². The highest BCUT2D eigenvalue weighted by Gasteiger charge is 2.15. The van der Waals surface area contributed by atoms with Gasteiger partial charge in [0.2, 0.25) is 10.0 Å². The van der Waals surface area contributed by atoms with Crippen LogP contribution >= 0.6 is 22.0 Å². The highest BCUT2D eigenvalue weighted by molar-refractivity contribution is 8.15. The van der Waals surface area contributed by atoms with Crippen molar-refractivity contribution in [1.82, 2.24) is 4.72 Å². The van der Waals surface area contributed by atoms with Crippen LogP contribution in [0.15, 0.2) is 16.3 Å². The van der Waals surface area contributed by atoms with Crippen LogP contribution < -0.4 is 4.72 Å². The monoisotopic (exact) mass is 345 g/mol. The van der Waals surface area contributed by atoms with Gasteiger partial charge in [-0.2, -0.15) is 0 Å². The molecule has 5 nitrogen and oxygen atoms in total. The predicted molar refractivity (Wildman–Crippen MR) is 77.4 cm³/mol. The minimum absolute atomic E-state index is 0.0190. The fourth-order valence-corrected chi connectivity index (χ4v) is 4.68. The van der Waals surface area contributed by atoms with Crippen LogP contribution in [0.4, 0.5) is 0 Å². The Kier molecular flexibility index (Phi) is 5.81. The van der Waals surface area contributed by atoms with E-state index in [2.05, 4.69) is 4.72 Å². The largest absolute Gasteiger partial charge is 0.270 e. The maximum atomic E-state index is 11.7. The molecule has 0 bridgehead atoms. The lowest BCUT2D eigenvalue weighted by molar-refractivity contribution is 0.562. The molecule has 0 atom stereocenters. The Bertz CT molecular complexity index is 619. The van der Waals surface area contributed by atoms with E-state index in [-0.39, 0.29) is 16.5 Å². The van der Waals surface area contributed by atoms with E-state index in [4.69, 9.17) is 10.7 Å². The molecule has 0 aliphatic rings. The summed E-state index contributed by atoms with van der Waals surface area (Å²) in [6.45, 7) is 3.98. The normalized spacial score (nSPS) is 13.1. The zero-order valence-corrected chi connectivity index (χ0v) is 13.8. The molecule has 0 unspecified atom stereocenters. The molecule has 0 radical (unpaired) electrons. The Balaban J connectivity index is 2.60. The number of halogens is 1. The fourth-order valence-electron chi connectivity index (χ4n) is 1.23. The summed E-state index contributed by atoms with van der Waals surface area (Å²) in [5.41, 5.74) is 0. The summed E-state index contributed by atoms with van der Waals surface area (Å²) in [7, 11) is -1.88. The first kappa shape index (κ1) is 16.9. The molecule has 0 aromatic carbocycles. The van der Waals surface area contributed by atoms with Crippen molar-refractivity contribution < 1.29 is 16.8 Å². The quantitative estimate of drug-likeness (QED) is 0.768. The van der Waals surface area contributed by atoms with E-state index in [1.165, 1.54) is 6.07 Å². The standard InChI is InChI=1S/C10H16ClNO4S3/c1-8(2)5-6-18(13,14)12-7-9-3-4-10(17-9)19(11,15)16/h3-4,8,12H,5-7H2,1-2H3. The molecular weight excluding hydrogens is 330 g/mol. The lowest BCUT2D eigenvalue weighted by atomic mass is 10.2. The summed E-state index contributed by atoms with van der Waals surface area (Å²) in [5.74, 6) is 0.378. The molecule has 1 rings (SSSR count). The molecule has 0 spiro atoms. The van der Waals surface area contributed by atoms with Crippen LogP contribution in [0.5, 0.6) is 0 Å². The molecule has 0 saturated carbocycles. The number of thiophene rings is 1. The lowest BCUT2D eigenvalue weighted by Crippen LogP contribution is -2.26. The lowest BCUT2D eigenvalue weighted by Gasteiger charge is -2.07. The van der Waals surface area contributed by atoms with Crippen LogP contribution in [0.2, 0.25) is 0 Å². The Morgan fingerprint density at radius 1 is 1.26 bits per heavy atom. The van der Waals surface area contributed by atoms with Crippen LogP contribution in [0.1, 0.15) is 25.1 Å². The third-order valence-electron chi connectivity index (χ3n) is 2.31. The van der Waals surface area contributed by atoms with Gasteiger partial charge in [-0.25, -0.2) is 21.6 Å². The molecule has 9 heteroatoms. The van der Waals surface area contributed by atoms with Crippen molar-refractivity contribution in [3.8, 4) is 0 Å². The summed E-state index contributed by atoms with van der Waals surface area (Å²) < 4.78 is 47.9.